The second kappa shape index (κ2) is 7.25. The molecule has 3 aromatic rings. The monoisotopic (exact) mass is 403 g/mol. The van der Waals surface area contributed by atoms with Gasteiger partial charge in [-0.05, 0) is 48.2 Å². The molecule has 1 saturated carbocycles. The summed E-state index contributed by atoms with van der Waals surface area (Å²) in [6.07, 6.45) is 3.56. The quantitative estimate of drug-likeness (QED) is 0.685. The third-order valence-electron chi connectivity index (χ3n) is 6.17. The zero-order valence-corrected chi connectivity index (χ0v) is 17.0. The summed E-state index contributed by atoms with van der Waals surface area (Å²) in [5, 5.41) is 6.29. The molecule has 0 unspecified atom stereocenters. The topological polar surface area (TPSA) is 79.3 Å². The zero-order chi connectivity index (χ0) is 20.7. The van der Waals surface area contributed by atoms with E-state index in [0.717, 1.165) is 35.0 Å². The molecule has 2 aliphatic rings. The highest BCUT2D eigenvalue weighted by Gasteiger charge is 2.49. The summed E-state index contributed by atoms with van der Waals surface area (Å²) in [5.74, 6) is 0.0514. The molecule has 1 aliphatic carbocycles. The smallest absolute Gasteiger partial charge is 0.253 e. The Morgan fingerprint density at radius 3 is 2.53 bits per heavy atom. The minimum absolute atomic E-state index is 0.00970. The van der Waals surface area contributed by atoms with Crippen molar-refractivity contribution in [2.75, 3.05) is 26.2 Å². The normalized spacial score (nSPS) is 18.6. The fourth-order valence-corrected chi connectivity index (χ4v) is 4.13. The van der Waals surface area contributed by atoms with Crippen molar-refractivity contribution in [3.63, 3.8) is 0 Å². The number of benzene rings is 2. The van der Waals surface area contributed by atoms with Crippen molar-refractivity contribution in [2.45, 2.75) is 18.4 Å². The van der Waals surface area contributed by atoms with Gasteiger partial charge in [0.1, 0.15) is 0 Å². The number of nitrogens with one attached hydrogen (secondary N) is 2. The van der Waals surface area contributed by atoms with Crippen molar-refractivity contribution < 1.29 is 9.59 Å². The van der Waals surface area contributed by atoms with Crippen molar-refractivity contribution in [3.8, 4) is 11.1 Å². The number of amides is 2. The molecule has 2 N–H and O–H groups in total. The molecule has 7 nitrogen and oxygen atoms in total. The van der Waals surface area contributed by atoms with Crippen LogP contribution in [0.25, 0.3) is 22.2 Å². The Morgan fingerprint density at radius 1 is 1.03 bits per heavy atom. The number of rotatable bonds is 2. The van der Waals surface area contributed by atoms with E-state index in [0.29, 0.717) is 31.7 Å². The fourth-order valence-electron chi connectivity index (χ4n) is 4.13. The van der Waals surface area contributed by atoms with Gasteiger partial charge in [-0.2, -0.15) is 0 Å². The minimum atomic E-state index is -0.393. The molecule has 1 saturated heterocycles. The van der Waals surface area contributed by atoms with Gasteiger partial charge in [-0.3, -0.25) is 9.59 Å². The van der Waals surface area contributed by atoms with Crippen LogP contribution in [0.3, 0.4) is 0 Å². The van der Waals surface area contributed by atoms with Gasteiger partial charge >= 0.3 is 0 Å². The summed E-state index contributed by atoms with van der Waals surface area (Å²) in [7, 11) is 1.98. The molecule has 0 bridgehead atoms. The molecule has 2 amide bonds. The van der Waals surface area contributed by atoms with Gasteiger partial charge in [0.05, 0.1) is 22.9 Å². The van der Waals surface area contributed by atoms with Crippen LogP contribution in [-0.2, 0) is 11.8 Å². The predicted octanol–water partition coefficient (Wildman–Crippen LogP) is 1.93. The Morgan fingerprint density at radius 2 is 1.77 bits per heavy atom. The number of hydrogen-bond donors (Lipinski definition) is 2. The number of nitrogens with zero attached hydrogens (tertiary/aromatic N) is 3. The summed E-state index contributed by atoms with van der Waals surface area (Å²) in [5.41, 5.74) is 4.43. The molecule has 1 spiro atoms. The van der Waals surface area contributed by atoms with E-state index in [-0.39, 0.29) is 11.8 Å². The van der Waals surface area contributed by atoms with Crippen molar-refractivity contribution in [3.05, 3.63) is 54.4 Å². The minimum Gasteiger partial charge on any atom is -0.353 e. The molecule has 5 rings (SSSR count). The van der Waals surface area contributed by atoms with E-state index in [1.165, 1.54) is 0 Å². The highest BCUT2D eigenvalue weighted by molar-refractivity contribution is 5.95. The molecular formula is C23H25N5O2. The summed E-state index contributed by atoms with van der Waals surface area (Å²) < 4.78 is 1.99. The lowest BCUT2D eigenvalue weighted by molar-refractivity contribution is -0.124. The van der Waals surface area contributed by atoms with Crippen LogP contribution in [0.5, 0.6) is 0 Å². The molecule has 0 radical (unpaired) electrons. The maximum absolute atomic E-state index is 13.0. The van der Waals surface area contributed by atoms with E-state index < -0.39 is 5.54 Å². The molecule has 2 fully saturated rings. The van der Waals surface area contributed by atoms with Gasteiger partial charge in [0, 0.05) is 38.8 Å². The molecular weight excluding hydrogens is 378 g/mol. The number of carbonyl (C=O) groups is 2. The van der Waals surface area contributed by atoms with E-state index in [1.54, 1.807) is 0 Å². The van der Waals surface area contributed by atoms with E-state index in [4.69, 9.17) is 0 Å². The second-order valence-electron chi connectivity index (χ2n) is 8.19. The maximum Gasteiger partial charge on any atom is 0.253 e. The number of aryl methyl sites for hydroxylation is 1. The number of carbonyl (C=O) groups excluding carboxylic acids is 2. The van der Waals surface area contributed by atoms with E-state index in [1.807, 2.05) is 47.1 Å². The molecule has 2 aromatic carbocycles. The Labute approximate surface area is 175 Å². The molecule has 1 aromatic heterocycles. The van der Waals surface area contributed by atoms with Gasteiger partial charge in [0.15, 0.2) is 0 Å². The van der Waals surface area contributed by atoms with Gasteiger partial charge in [-0.25, -0.2) is 4.98 Å². The SMILES string of the molecule is Cn1cnc2cc(-c3ccc(C(=O)N4CCNC(=O)C5(CC5)NCC4)cc3)ccc21. The number of fused-ring (bicyclic) bond motifs is 1. The Kier molecular flexibility index (Phi) is 4.55. The van der Waals surface area contributed by atoms with Crippen LogP contribution in [-0.4, -0.2) is 58.0 Å². The maximum atomic E-state index is 13.0. The average molecular weight is 403 g/mol. The molecule has 1 aliphatic heterocycles. The van der Waals surface area contributed by atoms with Gasteiger partial charge in [0.2, 0.25) is 5.91 Å². The molecule has 7 heteroatoms. The van der Waals surface area contributed by atoms with Crippen LogP contribution in [0, 0.1) is 0 Å². The number of imidazole rings is 1. The van der Waals surface area contributed by atoms with Gasteiger partial charge in [-0.15, -0.1) is 0 Å². The average Bonchev–Trinajstić information content (AvgIpc) is 3.46. The van der Waals surface area contributed by atoms with Crippen LogP contribution >= 0.6 is 0 Å². The highest BCUT2D eigenvalue weighted by atomic mass is 16.2. The molecule has 2 heterocycles. The highest BCUT2D eigenvalue weighted by Crippen LogP contribution is 2.35. The standard InChI is InChI=1S/C23H25N5O2/c1-27-15-25-19-14-18(6-7-20(19)27)16-2-4-17(5-3-16)21(29)28-12-10-24-22(30)23(8-9-23)26-11-13-28/h2-7,14-15,26H,8-13H2,1H3,(H,24,30). The summed E-state index contributed by atoms with van der Waals surface area (Å²) >= 11 is 0. The van der Waals surface area contributed by atoms with Crippen LogP contribution in [0.2, 0.25) is 0 Å². The molecule has 30 heavy (non-hydrogen) atoms. The molecule has 0 atom stereocenters. The predicted molar refractivity (Wildman–Crippen MR) is 115 cm³/mol. The summed E-state index contributed by atoms with van der Waals surface area (Å²) in [6.45, 7) is 2.21. The first kappa shape index (κ1) is 18.8. The Hall–Kier alpha value is -3.19. The summed E-state index contributed by atoms with van der Waals surface area (Å²) in [4.78, 5) is 31.5. The Balaban J connectivity index is 1.31. The number of hydrogen-bond acceptors (Lipinski definition) is 4. The van der Waals surface area contributed by atoms with Crippen molar-refractivity contribution in [2.24, 2.45) is 7.05 Å². The lowest BCUT2D eigenvalue weighted by Crippen LogP contribution is -2.46. The van der Waals surface area contributed by atoms with Crippen LogP contribution in [0.1, 0.15) is 23.2 Å². The summed E-state index contributed by atoms with van der Waals surface area (Å²) in [6, 6.07) is 13.9. The fraction of sp³-hybridized carbons (Fsp3) is 0.348. The van der Waals surface area contributed by atoms with Crippen molar-refractivity contribution in [1.29, 1.82) is 0 Å². The van der Waals surface area contributed by atoms with Crippen LogP contribution in [0.15, 0.2) is 48.8 Å². The van der Waals surface area contributed by atoms with Gasteiger partial charge in [-0.1, -0.05) is 18.2 Å². The first-order chi connectivity index (χ1) is 14.6. The van der Waals surface area contributed by atoms with Crippen molar-refractivity contribution >= 4 is 22.8 Å². The van der Waals surface area contributed by atoms with E-state index in [9.17, 15) is 9.59 Å². The number of aromatic nitrogens is 2. The Bertz CT molecular complexity index is 1110. The van der Waals surface area contributed by atoms with Gasteiger partial charge in [0.25, 0.3) is 5.91 Å². The third-order valence-corrected chi connectivity index (χ3v) is 6.17. The van der Waals surface area contributed by atoms with Crippen LogP contribution in [0.4, 0.5) is 0 Å². The lowest BCUT2D eigenvalue weighted by atomic mass is 10.0. The van der Waals surface area contributed by atoms with E-state index in [2.05, 4.69) is 33.8 Å². The van der Waals surface area contributed by atoms with Crippen LogP contribution < -0.4 is 10.6 Å². The zero-order valence-electron chi connectivity index (χ0n) is 17.0. The first-order valence-corrected chi connectivity index (χ1v) is 10.4. The first-order valence-electron chi connectivity index (χ1n) is 10.4. The van der Waals surface area contributed by atoms with Crippen molar-refractivity contribution in [1.82, 2.24) is 25.1 Å². The largest absolute Gasteiger partial charge is 0.353 e. The second-order valence-corrected chi connectivity index (χ2v) is 8.19. The third kappa shape index (κ3) is 3.35. The molecule has 154 valence electrons. The van der Waals surface area contributed by atoms with Gasteiger partial charge < -0.3 is 20.1 Å². The van der Waals surface area contributed by atoms with E-state index >= 15 is 0 Å². The lowest BCUT2D eigenvalue weighted by Gasteiger charge is -2.22.